The van der Waals surface area contributed by atoms with Crippen molar-refractivity contribution < 1.29 is 10.4 Å². The third-order valence-corrected chi connectivity index (χ3v) is 2.13. The minimum atomic E-state index is 0.144. The van der Waals surface area contributed by atoms with Crippen LogP contribution in [0.3, 0.4) is 0 Å². The molecule has 3 nitrogen and oxygen atoms in total. The molecule has 0 bridgehead atoms. The lowest BCUT2D eigenvalue weighted by molar-refractivity contribution is 0.0287. The molecule has 0 saturated heterocycles. The number of benzene rings is 1. The lowest BCUT2D eigenvalue weighted by Gasteiger charge is -2.12. The minimum Gasteiger partial charge on any atom is -0.264 e. The summed E-state index contributed by atoms with van der Waals surface area (Å²) in [5.41, 5.74) is 1.30. The summed E-state index contributed by atoms with van der Waals surface area (Å²) in [4.78, 5) is 0. The molecule has 2 N–H and O–H groups in total. The molecule has 12 heavy (non-hydrogen) atoms. The summed E-state index contributed by atoms with van der Waals surface area (Å²) in [5.74, 6) is 0. The number of aryl methyl sites for hydroxylation is 1. The maximum absolute atomic E-state index is 8.80. The van der Waals surface area contributed by atoms with Gasteiger partial charge in [-0.05, 0) is 30.2 Å². The van der Waals surface area contributed by atoms with Crippen molar-refractivity contribution in [1.29, 1.82) is 0 Å². The van der Waals surface area contributed by atoms with Crippen LogP contribution in [0.1, 0.15) is 12.5 Å². The van der Waals surface area contributed by atoms with E-state index in [1.54, 1.807) is 12.1 Å². The number of hydrogen-bond acceptors (Lipinski definition) is 3. The molecular weight excluding hydrogens is 222 g/mol. The van der Waals surface area contributed by atoms with Crippen LogP contribution >= 0.6 is 15.9 Å². The van der Waals surface area contributed by atoms with Crippen LogP contribution in [0.2, 0.25) is 0 Å². The first-order valence-corrected chi connectivity index (χ1v) is 4.40. The van der Waals surface area contributed by atoms with Crippen molar-refractivity contribution in [2.75, 3.05) is 5.23 Å². The van der Waals surface area contributed by atoms with E-state index in [-0.39, 0.29) is 5.23 Å². The maximum atomic E-state index is 8.80. The van der Waals surface area contributed by atoms with Gasteiger partial charge in [-0.25, -0.2) is 0 Å². The van der Waals surface area contributed by atoms with E-state index in [0.717, 1.165) is 16.5 Å². The van der Waals surface area contributed by atoms with Gasteiger partial charge in [-0.3, -0.25) is 10.4 Å². The highest BCUT2D eigenvalue weighted by molar-refractivity contribution is 9.10. The molecule has 4 heteroatoms. The summed E-state index contributed by atoms with van der Waals surface area (Å²) in [6.45, 7) is 1.95. The van der Waals surface area contributed by atoms with Crippen LogP contribution < -0.4 is 5.23 Å². The van der Waals surface area contributed by atoms with E-state index in [4.69, 9.17) is 10.4 Å². The second-order valence-electron chi connectivity index (χ2n) is 2.42. The topological polar surface area (TPSA) is 43.7 Å². The molecule has 0 heterocycles. The zero-order chi connectivity index (χ0) is 9.14. The van der Waals surface area contributed by atoms with Crippen molar-refractivity contribution >= 4 is 21.6 Å². The standard InChI is InChI=1S/C8H10BrNO2/c1-2-6-5-7(9)3-4-8(6)10(11)12/h3-5,11-12H,2H2,1H3. The maximum Gasteiger partial charge on any atom is 0.0975 e. The molecule has 0 spiro atoms. The van der Waals surface area contributed by atoms with Crippen molar-refractivity contribution in [2.24, 2.45) is 0 Å². The Hall–Kier alpha value is -0.580. The lowest BCUT2D eigenvalue weighted by Crippen LogP contribution is -2.12. The summed E-state index contributed by atoms with van der Waals surface area (Å²) in [6, 6.07) is 5.26. The third kappa shape index (κ3) is 1.97. The summed E-state index contributed by atoms with van der Waals surface area (Å²) < 4.78 is 0.935. The van der Waals surface area contributed by atoms with Gasteiger partial charge in [0.1, 0.15) is 0 Å². The Morgan fingerprint density at radius 1 is 1.42 bits per heavy atom. The molecule has 0 aliphatic rings. The molecule has 1 aromatic rings. The number of nitrogens with zero attached hydrogens (tertiary/aromatic N) is 1. The molecule has 0 aliphatic carbocycles. The van der Waals surface area contributed by atoms with Gasteiger partial charge < -0.3 is 0 Å². The van der Waals surface area contributed by atoms with Gasteiger partial charge in [-0.2, -0.15) is 0 Å². The molecule has 0 aromatic heterocycles. The van der Waals surface area contributed by atoms with Crippen LogP contribution in [0.15, 0.2) is 22.7 Å². The number of hydrogen-bond donors (Lipinski definition) is 2. The van der Waals surface area contributed by atoms with E-state index in [1.165, 1.54) is 0 Å². The van der Waals surface area contributed by atoms with Gasteiger partial charge in [-0.1, -0.05) is 22.9 Å². The normalized spacial score (nSPS) is 10.0. The van der Waals surface area contributed by atoms with Crippen molar-refractivity contribution in [3.05, 3.63) is 28.2 Å². The first-order valence-electron chi connectivity index (χ1n) is 3.61. The Bertz CT molecular complexity index is 276. The minimum absolute atomic E-state index is 0.144. The van der Waals surface area contributed by atoms with Gasteiger partial charge in [0.15, 0.2) is 0 Å². The SMILES string of the molecule is CCc1cc(Br)ccc1N(O)O. The molecular formula is C8H10BrNO2. The summed E-state index contributed by atoms with van der Waals surface area (Å²) in [5, 5.41) is 17.7. The van der Waals surface area contributed by atoms with E-state index in [9.17, 15) is 0 Å². The largest absolute Gasteiger partial charge is 0.264 e. The Kier molecular flexibility index (Phi) is 3.08. The van der Waals surface area contributed by atoms with Crippen LogP contribution in [-0.4, -0.2) is 10.4 Å². The molecule has 0 amide bonds. The van der Waals surface area contributed by atoms with Gasteiger partial charge in [0, 0.05) is 4.47 Å². The molecule has 0 saturated carbocycles. The summed E-state index contributed by atoms with van der Waals surface area (Å²) >= 11 is 3.30. The van der Waals surface area contributed by atoms with Crippen LogP contribution in [0.25, 0.3) is 0 Å². The van der Waals surface area contributed by atoms with Gasteiger partial charge >= 0.3 is 0 Å². The smallest absolute Gasteiger partial charge is 0.0975 e. The molecule has 1 aromatic carbocycles. The second kappa shape index (κ2) is 3.89. The number of rotatable bonds is 2. The van der Waals surface area contributed by atoms with Gasteiger partial charge in [0.05, 0.1) is 5.69 Å². The predicted molar refractivity (Wildman–Crippen MR) is 49.6 cm³/mol. The molecule has 0 aliphatic heterocycles. The fraction of sp³-hybridized carbons (Fsp3) is 0.250. The van der Waals surface area contributed by atoms with E-state index >= 15 is 0 Å². The Balaban J connectivity index is 3.11. The van der Waals surface area contributed by atoms with Crippen LogP contribution in [0.4, 0.5) is 5.69 Å². The van der Waals surface area contributed by atoms with Crippen LogP contribution in [0.5, 0.6) is 0 Å². The number of anilines is 1. The first-order chi connectivity index (χ1) is 5.65. The predicted octanol–water partition coefficient (Wildman–Crippen LogP) is 2.60. The molecule has 66 valence electrons. The van der Waals surface area contributed by atoms with Crippen molar-refractivity contribution in [1.82, 2.24) is 0 Å². The second-order valence-corrected chi connectivity index (χ2v) is 3.33. The Labute approximate surface area is 79.3 Å². The fourth-order valence-electron chi connectivity index (χ4n) is 1.03. The van der Waals surface area contributed by atoms with Crippen molar-refractivity contribution in [3.8, 4) is 0 Å². The Morgan fingerprint density at radius 2 is 2.08 bits per heavy atom. The summed E-state index contributed by atoms with van der Waals surface area (Å²) in [7, 11) is 0. The van der Waals surface area contributed by atoms with Crippen LogP contribution in [0, 0.1) is 0 Å². The van der Waals surface area contributed by atoms with Crippen molar-refractivity contribution in [2.45, 2.75) is 13.3 Å². The quantitative estimate of drug-likeness (QED) is 0.770. The highest BCUT2D eigenvalue weighted by Gasteiger charge is 2.05. The molecule has 1 rings (SSSR count). The van der Waals surface area contributed by atoms with E-state index in [0.29, 0.717) is 5.69 Å². The fourth-order valence-corrected chi connectivity index (χ4v) is 1.44. The van der Waals surface area contributed by atoms with Gasteiger partial charge in [-0.15, -0.1) is 5.23 Å². The molecule has 0 radical (unpaired) electrons. The first kappa shape index (κ1) is 9.51. The zero-order valence-electron chi connectivity index (χ0n) is 6.66. The monoisotopic (exact) mass is 231 g/mol. The third-order valence-electron chi connectivity index (χ3n) is 1.64. The zero-order valence-corrected chi connectivity index (χ0v) is 8.24. The average Bonchev–Trinajstić information content (AvgIpc) is 2.03. The van der Waals surface area contributed by atoms with E-state index < -0.39 is 0 Å². The molecule has 0 unspecified atom stereocenters. The highest BCUT2D eigenvalue weighted by Crippen LogP contribution is 2.22. The van der Waals surface area contributed by atoms with E-state index in [2.05, 4.69) is 15.9 Å². The van der Waals surface area contributed by atoms with Crippen molar-refractivity contribution in [3.63, 3.8) is 0 Å². The summed E-state index contributed by atoms with van der Waals surface area (Å²) in [6.07, 6.45) is 0.756. The molecule has 0 atom stereocenters. The van der Waals surface area contributed by atoms with E-state index in [1.807, 2.05) is 13.0 Å². The number of halogens is 1. The van der Waals surface area contributed by atoms with Crippen LogP contribution in [-0.2, 0) is 6.42 Å². The molecule has 0 fully saturated rings. The van der Waals surface area contributed by atoms with Gasteiger partial charge in [0.25, 0.3) is 0 Å². The Morgan fingerprint density at radius 3 is 2.58 bits per heavy atom. The average molecular weight is 232 g/mol. The highest BCUT2D eigenvalue weighted by atomic mass is 79.9. The van der Waals surface area contributed by atoms with Gasteiger partial charge in [0.2, 0.25) is 0 Å². The lowest BCUT2D eigenvalue weighted by atomic mass is 10.1.